The summed E-state index contributed by atoms with van der Waals surface area (Å²) in [5.74, 6) is 0.535. The number of halogens is 2. The van der Waals surface area contributed by atoms with Gasteiger partial charge in [-0.25, -0.2) is 0 Å². The molecule has 2 aromatic carbocycles. The molecular formula is C19H21Cl2N2O+. The first-order chi connectivity index (χ1) is 11.6. The van der Waals surface area contributed by atoms with Crippen LogP contribution in [-0.2, 0) is 6.54 Å². The Labute approximate surface area is 152 Å². The van der Waals surface area contributed by atoms with Crippen molar-refractivity contribution in [2.45, 2.75) is 25.3 Å². The molecule has 0 aromatic heterocycles. The predicted molar refractivity (Wildman–Crippen MR) is 97.4 cm³/mol. The van der Waals surface area contributed by atoms with E-state index in [0.29, 0.717) is 21.5 Å². The van der Waals surface area contributed by atoms with Gasteiger partial charge in [0.1, 0.15) is 0 Å². The maximum atomic E-state index is 12.6. The maximum Gasteiger partial charge on any atom is 0.253 e. The van der Waals surface area contributed by atoms with E-state index >= 15 is 0 Å². The molecule has 3 N–H and O–H groups in total. The van der Waals surface area contributed by atoms with Crippen LogP contribution in [0.15, 0.2) is 42.5 Å². The molecule has 0 bridgehead atoms. The Hall–Kier alpha value is -1.55. The van der Waals surface area contributed by atoms with Crippen molar-refractivity contribution in [3.63, 3.8) is 0 Å². The van der Waals surface area contributed by atoms with E-state index in [1.165, 1.54) is 11.1 Å². The minimum Gasteiger partial charge on any atom is -0.354 e. The zero-order chi connectivity index (χ0) is 17.1. The molecule has 0 saturated carbocycles. The van der Waals surface area contributed by atoms with Crippen LogP contribution in [0, 0.1) is 0 Å². The van der Waals surface area contributed by atoms with E-state index in [1.807, 2.05) is 4.90 Å². The summed E-state index contributed by atoms with van der Waals surface area (Å²) < 4.78 is 0. The van der Waals surface area contributed by atoms with Crippen LogP contribution >= 0.6 is 23.2 Å². The largest absolute Gasteiger partial charge is 0.354 e. The van der Waals surface area contributed by atoms with Crippen molar-refractivity contribution in [1.82, 2.24) is 4.90 Å². The Morgan fingerprint density at radius 2 is 1.83 bits per heavy atom. The highest BCUT2D eigenvalue weighted by molar-refractivity contribution is 6.42. The quantitative estimate of drug-likeness (QED) is 0.886. The molecule has 3 rings (SSSR count). The van der Waals surface area contributed by atoms with Crippen LogP contribution in [0.4, 0.5) is 0 Å². The van der Waals surface area contributed by atoms with Gasteiger partial charge in [-0.05, 0) is 48.6 Å². The fourth-order valence-corrected chi connectivity index (χ4v) is 3.53. The molecular weight excluding hydrogens is 343 g/mol. The average Bonchev–Trinajstić information content (AvgIpc) is 2.63. The number of likely N-dealkylation sites (tertiary alicyclic amines) is 1. The molecule has 3 nitrogen and oxygen atoms in total. The number of hydrogen-bond acceptors (Lipinski definition) is 1. The second-order valence-corrected chi connectivity index (χ2v) is 7.00. The van der Waals surface area contributed by atoms with Crippen molar-refractivity contribution in [3.05, 3.63) is 69.2 Å². The molecule has 0 aliphatic carbocycles. The Balaban J connectivity index is 1.65. The molecule has 0 atom stereocenters. The first kappa shape index (κ1) is 17.3. The third-order valence-electron chi connectivity index (χ3n) is 4.66. The number of benzene rings is 2. The number of hydrogen-bond donors (Lipinski definition) is 1. The van der Waals surface area contributed by atoms with Gasteiger partial charge in [0.2, 0.25) is 0 Å². The molecule has 1 aliphatic heterocycles. The summed E-state index contributed by atoms with van der Waals surface area (Å²) in [4.78, 5) is 14.5. The van der Waals surface area contributed by atoms with E-state index in [0.717, 1.165) is 32.5 Å². The van der Waals surface area contributed by atoms with Gasteiger partial charge in [-0.3, -0.25) is 4.79 Å². The lowest BCUT2D eigenvalue weighted by molar-refractivity contribution is -0.386. The minimum absolute atomic E-state index is 0.0264. The van der Waals surface area contributed by atoms with Gasteiger partial charge in [0.15, 0.2) is 0 Å². The first-order valence-corrected chi connectivity index (χ1v) is 8.96. The molecule has 0 unspecified atom stereocenters. The summed E-state index contributed by atoms with van der Waals surface area (Å²) in [5.41, 5.74) is 7.17. The summed E-state index contributed by atoms with van der Waals surface area (Å²) in [6, 6.07) is 13.7. The molecule has 0 spiro atoms. The zero-order valence-corrected chi connectivity index (χ0v) is 15.0. The number of carbonyl (C=O) groups excluding carboxylic acids is 1. The number of amides is 1. The van der Waals surface area contributed by atoms with E-state index in [-0.39, 0.29) is 5.91 Å². The molecule has 1 heterocycles. The van der Waals surface area contributed by atoms with Gasteiger partial charge in [-0.1, -0.05) is 41.4 Å². The van der Waals surface area contributed by atoms with Gasteiger partial charge >= 0.3 is 0 Å². The summed E-state index contributed by atoms with van der Waals surface area (Å²) in [5, 5.41) is 0.889. The first-order valence-electron chi connectivity index (χ1n) is 8.21. The van der Waals surface area contributed by atoms with Crippen molar-refractivity contribution in [3.8, 4) is 0 Å². The smallest absolute Gasteiger partial charge is 0.253 e. The number of piperidine rings is 1. The van der Waals surface area contributed by atoms with Gasteiger partial charge in [-0.2, -0.15) is 0 Å². The number of carbonyl (C=O) groups is 1. The Morgan fingerprint density at radius 1 is 1.08 bits per heavy atom. The van der Waals surface area contributed by atoms with E-state index in [4.69, 9.17) is 23.2 Å². The predicted octanol–water partition coefficient (Wildman–Crippen LogP) is 3.76. The van der Waals surface area contributed by atoms with E-state index in [1.54, 1.807) is 18.2 Å². The van der Waals surface area contributed by atoms with Crippen LogP contribution in [0.1, 0.15) is 40.2 Å². The van der Waals surface area contributed by atoms with E-state index in [2.05, 4.69) is 30.0 Å². The van der Waals surface area contributed by atoms with Crippen LogP contribution in [0.2, 0.25) is 10.0 Å². The van der Waals surface area contributed by atoms with Crippen molar-refractivity contribution in [2.75, 3.05) is 13.1 Å². The SMILES string of the molecule is [NH3+]Cc1cccc(C2CCN(C(=O)c3ccc(Cl)c(Cl)c3)CC2)c1. The van der Waals surface area contributed by atoms with Crippen molar-refractivity contribution < 1.29 is 10.5 Å². The Morgan fingerprint density at radius 3 is 2.50 bits per heavy atom. The lowest BCUT2D eigenvalue weighted by atomic mass is 9.88. The maximum absolute atomic E-state index is 12.6. The molecule has 1 aliphatic rings. The standard InChI is InChI=1S/C19H20Cl2N2O/c20-17-5-4-16(11-18(17)21)19(24)23-8-6-14(7-9-23)15-3-1-2-13(10-15)12-22/h1-5,10-11,14H,6-9,12,22H2/p+1. The monoisotopic (exact) mass is 363 g/mol. The van der Waals surface area contributed by atoms with Crippen LogP contribution in [-0.4, -0.2) is 23.9 Å². The van der Waals surface area contributed by atoms with Gasteiger partial charge in [0, 0.05) is 24.2 Å². The summed E-state index contributed by atoms with van der Waals surface area (Å²) >= 11 is 11.9. The minimum atomic E-state index is 0.0264. The second-order valence-electron chi connectivity index (χ2n) is 6.19. The third kappa shape index (κ3) is 3.75. The molecule has 1 saturated heterocycles. The number of quaternary nitrogens is 1. The average molecular weight is 364 g/mol. The second kappa shape index (κ2) is 7.56. The van der Waals surface area contributed by atoms with E-state index < -0.39 is 0 Å². The van der Waals surface area contributed by atoms with Crippen LogP contribution in [0.5, 0.6) is 0 Å². The highest BCUT2D eigenvalue weighted by Gasteiger charge is 2.25. The number of nitrogens with zero attached hydrogens (tertiary/aromatic N) is 1. The van der Waals surface area contributed by atoms with Crippen molar-refractivity contribution >= 4 is 29.1 Å². The van der Waals surface area contributed by atoms with Gasteiger partial charge < -0.3 is 10.6 Å². The molecule has 5 heteroatoms. The number of rotatable bonds is 3. The highest BCUT2D eigenvalue weighted by Crippen LogP contribution is 2.30. The van der Waals surface area contributed by atoms with Gasteiger partial charge in [0.25, 0.3) is 5.91 Å². The third-order valence-corrected chi connectivity index (χ3v) is 5.40. The van der Waals surface area contributed by atoms with Crippen molar-refractivity contribution in [2.24, 2.45) is 0 Å². The highest BCUT2D eigenvalue weighted by atomic mass is 35.5. The lowest BCUT2D eigenvalue weighted by Crippen LogP contribution is -2.47. The molecule has 1 fully saturated rings. The van der Waals surface area contributed by atoms with Gasteiger partial charge in [0.05, 0.1) is 16.6 Å². The molecule has 2 aromatic rings. The molecule has 126 valence electrons. The topological polar surface area (TPSA) is 48.0 Å². The van der Waals surface area contributed by atoms with E-state index in [9.17, 15) is 4.79 Å². The van der Waals surface area contributed by atoms with Gasteiger partial charge in [-0.15, -0.1) is 0 Å². The summed E-state index contributed by atoms with van der Waals surface area (Å²) in [6.07, 6.45) is 1.96. The fraction of sp³-hybridized carbons (Fsp3) is 0.316. The molecule has 1 amide bonds. The van der Waals surface area contributed by atoms with Crippen LogP contribution < -0.4 is 5.73 Å². The van der Waals surface area contributed by atoms with Crippen LogP contribution in [0.25, 0.3) is 0 Å². The lowest BCUT2D eigenvalue weighted by Gasteiger charge is -2.32. The summed E-state index contributed by atoms with van der Waals surface area (Å²) in [7, 11) is 0. The fourth-order valence-electron chi connectivity index (χ4n) is 3.23. The molecule has 0 radical (unpaired) electrons. The van der Waals surface area contributed by atoms with Crippen molar-refractivity contribution in [1.29, 1.82) is 0 Å². The zero-order valence-electron chi connectivity index (χ0n) is 13.5. The summed E-state index contributed by atoms with van der Waals surface area (Å²) in [6.45, 7) is 2.33. The molecule has 24 heavy (non-hydrogen) atoms. The normalized spacial score (nSPS) is 15.5. The Kier molecular flexibility index (Phi) is 5.44. The van der Waals surface area contributed by atoms with Crippen LogP contribution in [0.3, 0.4) is 0 Å². The Bertz CT molecular complexity index is 740.